The van der Waals surface area contributed by atoms with Crippen molar-refractivity contribution < 1.29 is 4.74 Å². The summed E-state index contributed by atoms with van der Waals surface area (Å²) in [6.45, 7) is 5.12. The Kier molecular flexibility index (Phi) is 4.91. The molecule has 2 nitrogen and oxygen atoms in total. The van der Waals surface area contributed by atoms with Crippen molar-refractivity contribution in [3.8, 4) is 0 Å². The number of rotatable bonds is 5. The number of hydrogen-bond donors (Lipinski definition) is 0. The lowest BCUT2D eigenvalue weighted by Gasteiger charge is -2.13. The summed E-state index contributed by atoms with van der Waals surface area (Å²) < 4.78 is 5.27. The average molecular weight is 178 g/mol. The third-order valence-corrected chi connectivity index (χ3v) is 2.13. The maximum absolute atomic E-state index is 5.46. The van der Waals surface area contributed by atoms with Gasteiger partial charge in [-0.15, -0.1) is 11.6 Å². The normalized spacial score (nSPS) is 19.4. The van der Waals surface area contributed by atoms with Crippen LogP contribution in [0.1, 0.15) is 12.8 Å². The van der Waals surface area contributed by atoms with Crippen molar-refractivity contribution in [2.45, 2.75) is 12.8 Å². The fourth-order valence-electron chi connectivity index (χ4n) is 1.36. The molecule has 0 aliphatic carbocycles. The van der Waals surface area contributed by atoms with Crippen molar-refractivity contribution in [2.24, 2.45) is 0 Å². The standard InChI is InChI=1S/C8H16ClNO/c9-3-7-11-8-6-10-4-1-2-5-10/h1-8H2. The molecule has 1 heterocycles. The highest BCUT2D eigenvalue weighted by atomic mass is 35.5. The summed E-state index contributed by atoms with van der Waals surface area (Å²) in [7, 11) is 0. The zero-order chi connectivity index (χ0) is 7.94. The number of hydrogen-bond acceptors (Lipinski definition) is 2. The van der Waals surface area contributed by atoms with E-state index in [1.54, 1.807) is 0 Å². The van der Waals surface area contributed by atoms with E-state index >= 15 is 0 Å². The maximum atomic E-state index is 5.46. The lowest BCUT2D eigenvalue weighted by Crippen LogP contribution is -2.24. The number of alkyl halides is 1. The molecule has 1 rings (SSSR count). The van der Waals surface area contributed by atoms with Gasteiger partial charge in [0.05, 0.1) is 13.2 Å². The molecular weight excluding hydrogens is 162 g/mol. The maximum Gasteiger partial charge on any atom is 0.0602 e. The topological polar surface area (TPSA) is 12.5 Å². The minimum Gasteiger partial charge on any atom is -0.379 e. The molecule has 1 fully saturated rings. The first-order chi connectivity index (χ1) is 5.43. The molecule has 11 heavy (non-hydrogen) atoms. The Morgan fingerprint density at radius 2 is 1.91 bits per heavy atom. The van der Waals surface area contributed by atoms with Gasteiger partial charge in [-0.1, -0.05) is 0 Å². The molecule has 0 atom stereocenters. The zero-order valence-electron chi connectivity index (χ0n) is 6.89. The van der Waals surface area contributed by atoms with E-state index in [0.29, 0.717) is 12.5 Å². The van der Waals surface area contributed by atoms with Gasteiger partial charge < -0.3 is 9.64 Å². The summed E-state index contributed by atoms with van der Waals surface area (Å²) in [5.41, 5.74) is 0. The van der Waals surface area contributed by atoms with Crippen LogP contribution in [0.4, 0.5) is 0 Å². The zero-order valence-corrected chi connectivity index (χ0v) is 7.65. The smallest absolute Gasteiger partial charge is 0.0602 e. The number of ether oxygens (including phenoxy) is 1. The molecule has 0 aromatic heterocycles. The van der Waals surface area contributed by atoms with Crippen LogP contribution in [0.3, 0.4) is 0 Å². The van der Waals surface area contributed by atoms with Crippen LogP contribution in [0.25, 0.3) is 0 Å². The molecule has 0 saturated carbocycles. The Morgan fingerprint density at radius 1 is 1.18 bits per heavy atom. The summed E-state index contributed by atoms with van der Waals surface area (Å²) in [5, 5.41) is 0. The van der Waals surface area contributed by atoms with E-state index in [1.807, 2.05) is 0 Å². The van der Waals surface area contributed by atoms with Gasteiger partial charge in [-0.05, 0) is 25.9 Å². The van der Waals surface area contributed by atoms with Gasteiger partial charge in [-0.3, -0.25) is 0 Å². The highest BCUT2D eigenvalue weighted by Crippen LogP contribution is 2.05. The molecule has 0 N–H and O–H groups in total. The van der Waals surface area contributed by atoms with E-state index in [0.717, 1.165) is 13.2 Å². The highest BCUT2D eigenvalue weighted by Gasteiger charge is 2.09. The SMILES string of the molecule is ClCCOCCN1CCCC1. The van der Waals surface area contributed by atoms with Crippen molar-refractivity contribution in [1.82, 2.24) is 4.90 Å². The van der Waals surface area contributed by atoms with E-state index in [9.17, 15) is 0 Å². The minimum atomic E-state index is 0.611. The van der Waals surface area contributed by atoms with Gasteiger partial charge in [0.15, 0.2) is 0 Å². The van der Waals surface area contributed by atoms with Crippen LogP contribution < -0.4 is 0 Å². The van der Waals surface area contributed by atoms with Crippen LogP contribution in [-0.4, -0.2) is 43.6 Å². The Bertz CT molecular complexity index is 94.1. The number of halogens is 1. The second kappa shape index (κ2) is 5.81. The molecule has 0 bridgehead atoms. The van der Waals surface area contributed by atoms with Crippen molar-refractivity contribution in [3.63, 3.8) is 0 Å². The van der Waals surface area contributed by atoms with Gasteiger partial charge in [0.2, 0.25) is 0 Å². The first-order valence-corrected chi connectivity index (χ1v) is 4.83. The monoisotopic (exact) mass is 177 g/mol. The van der Waals surface area contributed by atoms with Crippen LogP contribution in [0, 0.1) is 0 Å². The summed E-state index contributed by atoms with van der Waals surface area (Å²) in [5.74, 6) is 0.611. The average Bonchev–Trinajstić information content (AvgIpc) is 2.50. The van der Waals surface area contributed by atoms with E-state index in [4.69, 9.17) is 16.3 Å². The second-order valence-corrected chi connectivity index (χ2v) is 3.23. The fraction of sp³-hybridized carbons (Fsp3) is 1.00. The minimum absolute atomic E-state index is 0.611. The fourth-order valence-corrected chi connectivity index (χ4v) is 1.47. The van der Waals surface area contributed by atoms with Gasteiger partial charge in [0.1, 0.15) is 0 Å². The van der Waals surface area contributed by atoms with Gasteiger partial charge >= 0.3 is 0 Å². The molecule has 3 heteroatoms. The van der Waals surface area contributed by atoms with Gasteiger partial charge in [-0.2, -0.15) is 0 Å². The third kappa shape index (κ3) is 3.94. The van der Waals surface area contributed by atoms with Crippen molar-refractivity contribution in [1.29, 1.82) is 0 Å². The lowest BCUT2D eigenvalue weighted by molar-refractivity contribution is 0.123. The molecule has 0 aromatic carbocycles. The molecule has 1 saturated heterocycles. The lowest BCUT2D eigenvalue weighted by atomic mass is 10.4. The molecule has 0 aromatic rings. The predicted molar refractivity (Wildman–Crippen MR) is 47.2 cm³/mol. The summed E-state index contributed by atoms with van der Waals surface area (Å²) in [6, 6.07) is 0. The molecule has 0 unspecified atom stereocenters. The molecule has 66 valence electrons. The van der Waals surface area contributed by atoms with Crippen molar-refractivity contribution in [3.05, 3.63) is 0 Å². The van der Waals surface area contributed by atoms with E-state index in [-0.39, 0.29) is 0 Å². The summed E-state index contributed by atoms with van der Waals surface area (Å²) >= 11 is 5.46. The molecule has 0 radical (unpaired) electrons. The molecule has 1 aliphatic rings. The first-order valence-electron chi connectivity index (χ1n) is 4.29. The highest BCUT2D eigenvalue weighted by molar-refractivity contribution is 6.17. The van der Waals surface area contributed by atoms with E-state index < -0.39 is 0 Å². The Balaban J connectivity index is 1.86. The van der Waals surface area contributed by atoms with Crippen molar-refractivity contribution >= 4 is 11.6 Å². The van der Waals surface area contributed by atoms with Crippen LogP contribution in [-0.2, 0) is 4.74 Å². The first kappa shape index (κ1) is 9.30. The van der Waals surface area contributed by atoms with Gasteiger partial charge in [0, 0.05) is 12.4 Å². The van der Waals surface area contributed by atoms with Gasteiger partial charge in [0.25, 0.3) is 0 Å². The Labute approximate surface area is 73.5 Å². The quantitative estimate of drug-likeness (QED) is 0.464. The third-order valence-electron chi connectivity index (χ3n) is 1.97. The van der Waals surface area contributed by atoms with Crippen LogP contribution in [0.2, 0.25) is 0 Å². The van der Waals surface area contributed by atoms with E-state index in [2.05, 4.69) is 4.90 Å². The number of likely N-dealkylation sites (tertiary alicyclic amines) is 1. The number of nitrogens with zero attached hydrogens (tertiary/aromatic N) is 1. The van der Waals surface area contributed by atoms with Crippen LogP contribution in [0.15, 0.2) is 0 Å². The van der Waals surface area contributed by atoms with Crippen LogP contribution in [0.5, 0.6) is 0 Å². The summed E-state index contributed by atoms with van der Waals surface area (Å²) in [4.78, 5) is 2.44. The molecule has 0 amide bonds. The Morgan fingerprint density at radius 3 is 2.55 bits per heavy atom. The molecular formula is C8H16ClNO. The van der Waals surface area contributed by atoms with Crippen LogP contribution >= 0.6 is 11.6 Å². The summed E-state index contributed by atoms with van der Waals surface area (Å²) in [6.07, 6.45) is 2.71. The molecule has 1 aliphatic heterocycles. The van der Waals surface area contributed by atoms with Crippen molar-refractivity contribution in [2.75, 3.05) is 38.7 Å². The van der Waals surface area contributed by atoms with E-state index in [1.165, 1.54) is 25.9 Å². The van der Waals surface area contributed by atoms with Gasteiger partial charge in [-0.25, -0.2) is 0 Å². The molecule has 0 spiro atoms. The second-order valence-electron chi connectivity index (χ2n) is 2.85. The largest absolute Gasteiger partial charge is 0.379 e. The predicted octanol–water partition coefficient (Wildman–Crippen LogP) is 1.34. The Hall–Kier alpha value is 0.210.